The first-order valence-corrected chi connectivity index (χ1v) is 7.05. The highest BCUT2D eigenvalue weighted by molar-refractivity contribution is 9.10. The number of carbonyl (C=O) groups is 1. The van der Waals surface area contributed by atoms with Crippen LogP contribution in [-0.4, -0.2) is 29.9 Å². The summed E-state index contributed by atoms with van der Waals surface area (Å²) >= 11 is 3.11. The highest BCUT2D eigenvalue weighted by Gasteiger charge is 2.47. The number of fused-ring (bicyclic) bond motifs is 3. The van der Waals surface area contributed by atoms with E-state index in [0.717, 1.165) is 6.07 Å². The van der Waals surface area contributed by atoms with Gasteiger partial charge in [-0.3, -0.25) is 4.79 Å². The van der Waals surface area contributed by atoms with Crippen molar-refractivity contribution >= 4 is 21.8 Å². The summed E-state index contributed by atoms with van der Waals surface area (Å²) in [6.07, 6.45) is -4.53. The van der Waals surface area contributed by atoms with Crippen LogP contribution in [0.3, 0.4) is 0 Å². The summed E-state index contributed by atoms with van der Waals surface area (Å²) in [7, 11) is 0. The van der Waals surface area contributed by atoms with Crippen molar-refractivity contribution in [1.29, 1.82) is 0 Å². The average molecular weight is 349 g/mol. The van der Waals surface area contributed by atoms with Gasteiger partial charge >= 0.3 is 6.18 Å². The van der Waals surface area contributed by atoms with Crippen molar-refractivity contribution in [2.24, 2.45) is 0 Å². The molecule has 0 aliphatic carbocycles. The Balaban J connectivity index is 2.23. The maximum atomic E-state index is 13.2. The molecule has 1 aromatic carbocycles. The van der Waals surface area contributed by atoms with Crippen LogP contribution >= 0.6 is 15.9 Å². The van der Waals surface area contributed by atoms with Crippen molar-refractivity contribution in [3.63, 3.8) is 0 Å². The minimum absolute atomic E-state index is 0.0654. The van der Waals surface area contributed by atoms with Gasteiger partial charge in [0, 0.05) is 23.6 Å². The lowest BCUT2D eigenvalue weighted by molar-refractivity contribution is -0.138. The second-order valence-electron chi connectivity index (χ2n) is 5.10. The molecule has 0 unspecified atom stereocenters. The first kappa shape index (κ1) is 13.9. The van der Waals surface area contributed by atoms with Gasteiger partial charge in [0.25, 0.3) is 5.91 Å². The molecule has 0 radical (unpaired) electrons. The number of rotatable bonds is 0. The molecule has 7 heteroatoms. The molecule has 1 fully saturated rings. The van der Waals surface area contributed by atoms with Gasteiger partial charge in [-0.1, -0.05) is 15.9 Å². The molecule has 20 heavy (non-hydrogen) atoms. The number of amides is 1. The van der Waals surface area contributed by atoms with Gasteiger partial charge in [0.05, 0.1) is 17.2 Å². The first-order valence-electron chi connectivity index (χ1n) is 6.25. The van der Waals surface area contributed by atoms with Crippen LogP contribution in [0.4, 0.5) is 13.2 Å². The maximum Gasteiger partial charge on any atom is 0.417 e. The summed E-state index contributed by atoms with van der Waals surface area (Å²) in [6.45, 7) is 2.91. The van der Waals surface area contributed by atoms with Crippen molar-refractivity contribution in [3.8, 4) is 0 Å². The van der Waals surface area contributed by atoms with Crippen LogP contribution < -0.4 is 5.32 Å². The van der Waals surface area contributed by atoms with E-state index < -0.39 is 17.6 Å². The molecule has 3 nitrogen and oxygen atoms in total. The largest absolute Gasteiger partial charge is 0.417 e. The fourth-order valence-corrected chi connectivity index (χ4v) is 3.54. The van der Waals surface area contributed by atoms with Gasteiger partial charge < -0.3 is 10.2 Å². The third-order valence-electron chi connectivity index (χ3n) is 3.86. The van der Waals surface area contributed by atoms with E-state index in [-0.39, 0.29) is 17.6 Å². The van der Waals surface area contributed by atoms with E-state index in [4.69, 9.17) is 0 Å². The van der Waals surface area contributed by atoms with Gasteiger partial charge in [-0.05, 0) is 24.6 Å². The Morgan fingerprint density at radius 2 is 2.10 bits per heavy atom. The van der Waals surface area contributed by atoms with Gasteiger partial charge in [0.1, 0.15) is 0 Å². The van der Waals surface area contributed by atoms with Crippen LogP contribution in [0.5, 0.6) is 0 Å². The molecule has 108 valence electrons. The number of nitrogens with zero attached hydrogens (tertiary/aromatic N) is 1. The molecule has 0 spiro atoms. The number of halogens is 4. The van der Waals surface area contributed by atoms with Crippen molar-refractivity contribution in [3.05, 3.63) is 33.3 Å². The summed E-state index contributed by atoms with van der Waals surface area (Å²) in [4.78, 5) is 13.9. The van der Waals surface area contributed by atoms with E-state index in [9.17, 15) is 18.0 Å². The van der Waals surface area contributed by atoms with Crippen molar-refractivity contribution < 1.29 is 18.0 Å². The second kappa shape index (κ2) is 4.46. The topological polar surface area (TPSA) is 32.3 Å². The zero-order valence-corrected chi connectivity index (χ0v) is 12.2. The zero-order chi connectivity index (χ0) is 14.7. The van der Waals surface area contributed by atoms with Crippen molar-refractivity contribution in [1.82, 2.24) is 10.2 Å². The minimum Gasteiger partial charge on any atom is -0.329 e. The van der Waals surface area contributed by atoms with E-state index in [1.807, 2.05) is 6.92 Å². The second-order valence-corrected chi connectivity index (χ2v) is 6.02. The summed E-state index contributed by atoms with van der Waals surface area (Å²) in [5.41, 5.74) is -0.592. The van der Waals surface area contributed by atoms with Gasteiger partial charge in [-0.25, -0.2) is 0 Å². The number of piperazine rings is 1. The van der Waals surface area contributed by atoms with E-state index in [1.165, 1.54) is 4.90 Å². The standard InChI is InChI=1S/C13H12BrF3N2O/c1-6-11-8-4-7(14)5-9(13(15,16)17)10(8)12(20)19(11)3-2-18-6/h4-6,11,18H,2-3H2,1H3/t6-,11-/m1/s1. The summed E-state index contributed by atoms with van der Waals surface area (Å²) in [6, 6.07) is 2.21. The van der Waals surface area contributed by atoms with E-state index in [0.29, 0.717) is 23.1 Å². The first-order chi connectivity index (χ1) is 9.30. The predicted octanol–water partition coefficient (Wildman–Crippen LogP) is 2.96. The number of alkyl halides is 3. The third kappa shape index (κ3) is 1.95. The number of nitrogens with one attached hydrogen (secondary N) is 1. The van der Waals surface area contributed by atoms with Crippen molar-refractivity contribution in [2.75, 3.05) is 13.1 Å². The normalized spacial score (nSPS) is 25.6. The minimum atomic E-state index is -4.53. The fourth-order valence-electron chi connectivity index (χ4n) is 3.07. The van der Waals surface area contributed by atoms with Gasteiger partial charge in [0.15, 0.2) is 0 Å². The number of hydrogen-bond acceptors (Lipinski definition) is 2. The molecule has 1 amide bonds. The fraction of sp³-hybridized carbons (Fsp3) is 0.462. The highest BCUT2D eigenvalue weighted by atomic mass is 79.9. The molecular formula is C13H12BrF3N2O. The Hall–Kier alpha value is -1.08. The molecule has 1 N–H and O–H groups in total. The predicted molar refractivity (Wildman–Crippen MR) is 70.4 cm³/mol. The van der Waals surface area contributed by atoms with Crippen LogP contribution in [0, 0.1) is 0 Å². The Morgan fingerprint density at radius 1 is 1.40 bits per heavy atom. The Morgan fingerprint density at radius 3 is 2.75 bits per heavy atom. The molecule has 0 aromatic heterocycles. The van der Waals surface area contributed by atoms with Crippen LogP contribution in [0.1, 0.15) is 34.5 Å². The Labute approximate surface area is 122 Å². The molecule has 0 bridgehead atoms. The Kier molecular flexibility index (Phi) is 3.10. The van der Waals surface area contributed by atoms with Crippen molar-refractivity contribution in [2.45, 2.75) is 25.2 Å². The van der Waals surface area contributed by atoms with Crippen LogP contribution in [0.15, 0.2) is 16.6 Å². The maximum absolute atomic E-state index is 13.2. The van der Waals surface area contributed by atoms with Crippen LogP contribution in [-0.2, 0) is 6.18 Å². The summed E-state index contributed by atoms with van der Waals surface area (Å²) in [5, 5.41) is 3.20. The monoisotopic (exact) mass is 348 g/mol. The molecular weight excluding hydrogens is 337 g/mol. The molecule has 3 rings (SSSR count). The highest BCUT2D eigenvalue weighted by Crippen LogP contribution is 2.44. The van der Waals surface area contributed by atoms with E-state index in [2.05, 4.69) is 21.2 Å². The number of carbonyl (C=O) groups excluding carboxylic acids is 1. The quantitative estimate of drug-likeness (QED) is 0.781. The molecule has 1 saturated heterocycles. The lowest BCUT2D eigenvalue weighted by Gasteiger charge is -2.36. The number of hydrogen-bond donors (Lipinski definition) is 1. The zero-order valence-electron chi connectivity index (χ0n) is 10.6. The van der Waals surface area contributed by atoms with Crippen LogP contribution in [0.2, 0.25) is 0 Å². The molecule has 2 atom stereocenters. The smallest absolute Gasteiger partial charge is 0.329 e. The average Bonchev–Trinajstić information content (AvgIpc) is 2.62. The summed E-state index contributed by atoms with van der Waals surface area (Å²) < 4.78 is 39.8. The molecule has 2 heterocycles. The number of benzene rings is 1. The third-order valence-corrected chi connectivity index (χ3v) is 4.32. The van der Waals surface area contributed by atoms with Gasteiger partial charge in [-0.15, -0.1) is 0 Å². The van der Waals surface area contributed by atoms with E-state index >= 15 is 0 Å². The molecule has 1 aromatic rings. The SMILES string of the molecule is C[C@H]1NCCN2C(=O)c3c(cc(Br)cc3C(F)(F)F)[C@@H]12. The molecule has 0 saturated carbocycles. The van der Waals surface area contributed by atoms with Gasteiger partial charge in [-0.2, -0.15) is 13.2 Å². The molecule has 2 aliphatic rings. The van der Waals surface area contributed by atoms with E-state index in [1.54, 1.807) is 6.07 Å². The van der Waals surface area contributed by atoms with Crippen LogP contribution in [0.25, 0.3) is 0 Å². The Bertz CT molecular complexity index is 588. The lowest BCUT2D eigenvalue weighted by atomic mass is 9.95. The molecule has 2 aliphatic heterocycles. The lowest BCUT2D eigenvalue weighted by Crippen LogP contribution is -2.50. The summed E-state index contributed by atoms with van der Waals surface area (Å²) in [5.74, 6) is -0.516. The van der Waals surface area contributed by atoms with Gasteiger partial charge in [0.2, 0.25) is 0 Å².